The Balaban J connectivity index is 2.07. The molecule has 0 saturated heterocycles. The Labute approximate surface area is 109 Å². The minimum Gasteiger partial charge on any atom is -0.364 e. The molecule has 0 aliphatic heterocycles. The highest BCUT2D eigenvalue weighted by Crippen LogP contribution is 2.21. The normalized spacial score (nSPS) is 12.1. The van der Waals surface area contributed by atoms with Crippen molar-refractivity contribution in [2.24, 2.45) is 7.05 Å². The molecule has 2 heterocycles. The van der Waals surface area contributed by atoms with E-state index in [4.69, 9.17) is 0 Å². The van der Waals surface area contributed by atoms with Gasteiger partial charge in [-0.05, 0) is 6.07 Å². The molecule has 0 bridgehead atoms. The fraction of sp³-hybridized carbons (Fsp3) is 0.364. The molecular weight excluding hydrogens is 248 g/mol. The predicted molar refractivity (Wildman–Crippen MR) is 68.8 cm³/mol. The van der Waals surface area contributed by atoms with Crippen molar-refractivity contribution in [1.29, 1.82) is 0 Å². The van der Waals surface area contributed by atoms with Crippen LogP contribution in [0, 0.1) is 10.1 Å². The summed E-state index contributed by atoms with van der Waals surface area (Å²) in [7, 11) is 1.86. The van der Waals surface area contributed by atoms with Gasteiger partial charge in [0, 0.05) is 31.8 Å². The second kappa shape index (κ2) is 5.42. The number of nitrogens with one attached hydrogen (secondary N) is 1. The number of nitro groups is 1. The largest absolute Gasteiger partial charge is 0.364 e. The Morgan fingerprint density at radius 2 is 2.37 bits per heavy atom. The van der Waals surface area contributed by atoms with Crippen LogP contribution in [0.5, 0.6) is 0 Å². The lowest BCUT2D eigenvalue weighted by molar-refractivity contribution is -0.384. The summed E-state index contributed by atoms with van der Waals surface area (Å²) in [6.45, 7) is 2.45. The molecule has 0 aliphatic rings. The highest BCUT2D eigenvalue weighted by molar-refractivity contribution is 5.55. The molecule has 2 aromatic rings. The number of anilines is 1. The number of pyridine rings is 1. The minimum absolute atomic E-state index is 0.0346. The topological polar surface area (TPSA) is 98.8 Å². The van der Waals surface area contributed by atoms with Gasteiger partial charge in [-0.25, -0.2) is 4.98 Å². The van der Waals surface area contributed by atoms with Gasteiger partial charge in [-0.15, -0.1) is 10.2 Å². The summed E-state index contributed by atoms with van der Waals surface area (Å²) < 4.78 is 1.82. The van der Waals surface area contributed by atoms with Crippen molar-refractivity contribution >= 4 is 11.5 Å². The van der Waals surface area contributed by atoms with Gasteiger partial charge in [0.05, 0.1) is 4.92 Å². The van der Waals surface area contributed by atoms with Crippen LogP contribution < -0.4 is 5.32 Å². The molecule has 2 rings (SSSR count). The van der Waals surface area contributed by atoms with Crippen LogP contribution >= 0.6 is 0 Å². The molecule has 1 atom stereocenters. The lowest BCUT2D eigenvalue weighted by Crippen LogP contribution is -2.15. The number of nitrogens with zero attached hydrogens (tertiary/aromatic N) is 5. The number of aromatic nitrogens is 4. The average Bonchev–Trinajstić information content (AvgIpc) is 2.82. The molecule has 8 nitrogen and oxygen atoms in total. The zero-order valence-corrected chi connectivity index (χ0v) is 10.6. The van der Waals surface area contributed by atoms with Gasteiger partial charge in [-0.2, -0.15) is 0 Å². The quantitative estimate of drug-likeness (QED) is 0.644. The number of hydrogen-bond acceptors (Lipinski definition) is 6. The van der Waals surface area contributed by atoms with Crippen LogP contribution in [0.4, 0.5) is 11.5 Å². The first-order valence-corrected chi connectivity index (χ1v) is 5.76. The molecule has 0 radical (unpaired) electrons. The Hall–Kier alpha value is -2.51. The third-order valence-corrected chi connectivity index (χ3v) is 2.75. The second-order valence-corrected chi connectivity index (χ2v) is 4.21. The van der Waals surface area contributed by atoms with Crippen LogP contribution in [-0.4, -0.2) is 31.2 Å². The van der Waals surface area contributed by atoms with Gasteiger partial charge in [0.25, 0.3) is 0 Å². The lowest BCUT2D eigenvalue weighted by Gasteiger charge is -2.12. The number of hydrogen-bond donors (Lipinski definition) is 1. The Morgan fingerprint density at radius 3 is 3.00 bits per heavy atom. The first-order chi connectivity index (χ1) is 9.09. The van der Waals surface area contributed by atoms with Crippen molar-refractivity contribution in [2.75, 3.05) is 11.9 Å². The molecule has 8 heteroatoms. The summed E-state index contributed by atoms with van der Waals surface area (Å²) in [5, 5.41) is 21.6. The Bertz CT molecular complexity index is 582. The molecule has 100 valence electrons. The van der Waals surface area contributed by atoms with Gasteiger partial charge in [-0.3, -0.25) is 10.1 Å². The summed E-state index contributed by atoms with van der Waals surface area (Å²) in [6, 6.07) is 2.96. The van der Waals surface area contributed by atoms with Crippen molar-refractivity contribution in [1.82, 2.24) is 19.7 Å². The molecule has 0 amide bonds. The van der Waals surface area contributed by atoms with Gasteiger partial charge in [0.15, 0.2) is 0 Å². The van der Waals surface area contributed by atoms with Crippen LogP contribution in [0.3, 0.4) is 0 Å². The molecule has 0 saturated carbocycles. The van der Waals surface area contributed by atoms with E-state index in [0.717, 1.165) is 5.82 Å². The van der Waals surface area contributed by atoms with Gasteiger partial charge >= 0.3 is 5.69 Å². The maximum Gasteiger partial charge on any atom is 0.311 e. The Morgan fingerprint density at radius 1 is 1.58 bits per heavy atom. The maximum atomic E-state index is 10.8. The van der Waals surface area contributed by atoms with E-state index in [2.05, 4.69) is 20.5 Å². The van der Waals surface area contributed by atoms with Crippen molar-refractivity contribution < 1.29 is 4.92 Å². The van der Waals surface area contributed by atoms with E-state index >= 15 is 0 Å². The van der Waals surface area contributed by atoms with Gasteiger partial charge in [0.1, 0.15) is 12.2 Å². The van der Waals surface area contributed by atoms with Crippen molar-refractivity contribution in [2.45, 2.75) is 12.8 Å². The highest BCUT2D eigenvalue weighted by atomic mass is 16.6. The molecule has 0 fully saturated rings. The van der Waals surface area contributed by atoms with E-state index in [0.29, 0.717) is 6.54 Å². The summed E-state index contributed by atoms with van der Waals surface area (Å²) in [5.41, 5.74) is -0.0346. The van der Waals surface area contributed by atoms with Crippen LogP contribution in [0.2, 0.25) is 0 Å². The predicted octanol–water partition coefficient (Wildman–Crippen LogP) is 1.33. The summed E-state index contributed by atoms with van der Waals surface area (Å²) in [5.74, 6) is 1.14. The summed E-state index contributed by atoms with van der Waals surface area (Å²) in [4.78, 5) is 14.4. The number of aryl methyl sites for hydroxylation is 1. The third kappa shape index (κ3) is 2.84. The number of rotatable bonds is 5. The highest BCUT2D eigenvalue weighted by Gasteiger charge is 2.16. The average molecular weight is 262 g/mol. The first-order valence-electron chi connectivity index (χ1n) is 5.76. The standard InChI is InChI=1S/C11H14N6O2/c1-8(11-15-14-7-16(11)2)6-13-10-9(17(18)19)4-3-5-12-10/h3-5,7-8H,6H2,1-2H3,(H,12,13)/t8-/m1/s1. The van der Waals surface area contributed by atoms with E-state index in [-0.39, 0.29) is 17.4 Å². The van der Waals surface area contributed by atoms with Crippen LogP contribution in [-0.2, 0) is 7.05 Å². The minimum atomic E-state index is -0.456. The van der Waals surface area contributed by atoms with Gasteiger partial charge in [-0.1, -0.05) is 6.92 Å². The van der Waals surface area contributed by atoms with E-state index < -0.39 is 4.92 Å². The first kappa shape index (κ1) is 12.9. The monoisotopic (exact) mass is 262 g/mol. The molecule has 0 aliphatic carbocycles. The van der Waals surface area contributed by atoms with Crippen LogP contribution in [0.1, 0.15) is 18.7 Å². The van der Waals surface area contributed by atoms with Crippen molar-refractivity contribution in [3.63, 3.8) is 0 Å². The van der Waals surface area contributed by atoms with E-state index in [1.165, 1.54) is 18.3 Å². The second-order valence-electron chi connectivity index (χ2n) is 4.21. The van der Waals surface area contributed by atoms with Crippen molar-refractivity contribution in [3.8, 4) is 0 Å². The molecule has 1 N–H and O–H groups in total. The Kier molecular flexibility index (Phi) is 3.69. The smallest absolute Gasteiger partial charge is 0.311 e. The van der Waals surface area contributed by atoms with Crippen molar-refractivity contribution in [3.05, 3.63) is 40.6 Å². The van der Waals surface area contributed by atoms with Gasteiger partial charge in [0.2, 0.25) is 5.82 Å². The summed E-state index contributed by atoms with van der Waals surface area (Å²) >= 11 is 0. The third-order valence-electron chi connectivity index (χ3n) is 2.75. The van der Waals surface area contributed by atoms with Crippen LogP contribution in [0.15, 0.2) is 24.7 Å². The molecule has 0 spiro atoms. The van der Waals surface area contributed by atoms with Gasteiger partial charge < -0.3 is 9.88 Å². The molecule has 0 unspecified atom stereocenters. The molecule has 19 heavy (non-hydrogen) atoms. The summed E-state index contributed by atoms with van der Waals surface area (Å²) in [6.07, 6.45) is 3.14. The SMILES string of the molecule is C[C@H](CNc1ncccc1[N+](=O)[O-])c1nncn1C. The molecule has 0 aromatic carbocycles. The fourth-order valence-corrected chi connectivity index (χ4v) is 1.76. The van der Waals surface area contributed by atoms with E-state index in [1.807, 2.05) is 18.5 Å². The fourth-order valence-electron chi connectivity index (χ4n) is 1.76. The zero-order valence-electron chi connectivity index (χ0n) is 10.6. The maximum absolute atomic E-state index is 10.8. The van der Waals surface area contributed by atoms with Crippen LogP contribution in [0.25, 0.3) is 0 Å². The van der Waals surface area contributed by atoms with E-state index in [1.54, 1.807) is 6.33 Å². The zero-order chi connectivity index (χ0) is 13.8. The molecular formula is C11H14N6O2. The lowest BCUT2D eigenvalue weighted by atomic mass is 10.1. The van der Waals surface area contributed by atoms with E-state index in [9.17, 15) is 10.1 Å². The molecule has 2 aromatic heterocycles.